The first kappa shape index (κ1) is 52.5. The smallest absolute Gasteiger partial charge is 0.280 e. The molecule has 6 aromatic rings. The minimum absolute atomic E-state index is 0.133. The van der Waals surface area contributed by atoms with E-state index in [1.807, 2.05) is 42.5 Å². The molecule has 398 valence electrons. The summed E-state index contributed by atoms with van der Waals surface area (Å²) >= 11 is 0. The monoisotopic (exact) mass is 1060 g/mol. The second-order valence-electron chi connectivity index (χ2n) is 21.5. The summed E-state index contributed by atoms with van der Waals surface area (Å²) in [5, 5.41) is 17.5. The average Bonchev–Trinajstić information content (AvgIpc) is 4.25. The normalized spacial score (nSPS) is 27.5. The van der Waals surface area contributed by atoms with Gasteiger partial charge < -0.3 is 35.1 Å². The molecule has 6 aliphatic rings. The van der Waals surface area contributed by atoms with Gasteiger partial charge in [0.05, 0.1) is 22.8 Å². The van der Waals surface area contributed by atoms with E-state index in [0.29, 0.717) is 56.0 Å². The lowest BCUT2D eigenvalue weighted by Gasteiger charge is -2.48. The molecule has 19 heteroatoms. The van der Waals surface area contributed by atoms with Crippen LogP contribution in [-0.2, 0) is 64.8 Å². The van der Waals surface area contributed by atoms with E-state index in [-0.39, 0.29) is 41.9 Å². The number of rotatable bonds is 10. The van der Waals surface area contributed by atoms with Crippen molar-refractivity contribution in [1.29, 1.82) is 0 Å². The van der Waals surface area contributed by atoms with Crippen molar-refractivity contribution in [1.82, 2.24) is 34.9 Å². The predicted molar refractivity (Wildman–Crippen MR) is 285 cm³/mol. The van der Waals surface area contributed by atoms with Crippen LogP contribution >= 0.6 is 0 Å². The quantitative estimate of drug-likeness (QED) is 0.109. The standard InChI is InChI=1S/C33H37N5O5.C22H26N2O2S.CH4O3S/c1-32(35-29(39)21-15-23-22-10-6-11-24-28(22)20(17-34-24)16-25(23)36(2)18-21)31(41)38-26(14-19-8-4-3-5-9-19)30(40)37-13-7-12-27(37)33(38,42)43-32;1-24-12-5-6-19(24)15-18-16-23-22-10-9-17(14-21(18)22)11-13-27(25,26)20-7-3-2-4-8-20;1-5(2,3)4/h3-6,8-11,17,21,23,25-27,34,42H,7,12-16,18H2,1-2H3,(H,35,39);2-4,7-10,14,16,19,23H,5-6,11-13,15H2,1H3;1H3,(H,2,3,4)/t21-,23-,25-,26+,27+,32-,33+;19-;/m11./s1. The van der Waals surface area contributed by atoms with Crippen LogP contribution in [-0.4, -0.2) is 155 Å². The number of benzene rings is 4. The second-order valence-corrected chi connectivity index (χ2v) is 25.1. The van der Waals surface area contributed by atoms with E-state index in [0.717, 1.165) is 35.0 Å². The third-order valence-corrected chi connectivity index (χ3v) is 18.1. The number of nitrogens with zero attached hydrogens (tertiary/aromatic N) is 4. The molecule has 12 rings (SSSR count). The molecule has 5 aliphatic heterocycles. The number of piperazine rings is 1. The Morgan fingerprint density at radius 3 is 2.27 bits per heavy atom. The maximum absolute atomic E-state index is 14.2. The molecule has 0 unspecified atom stereocenters. The molecule has 0 radical (unpaired) electrons. The van der Waals surface area contributed by atoms with E-state index in [1.54, 1.807) is 29.2 Å². The van der Waals surface area contributed by atoms with Crippen LogP contribution in [0.5, 0.6) is 0 Å². The van der Waals surface area contributed by atoms with E-state index < -0.39 is 49.6 Å². The lowest BCUT2D eigenvalue weighted by atomic mass is 9.72. The molecule has 7 heterocycles. The Morgan fingerprint density at radius 2 is 1.55 bits per heavy atom. The molecule has 3 amide bonds. The summed E-state index contributed by atoms with van der Waals surface area (Å²) in [6.07, 6.45) is 12.0. The number of carbonyl (C=O) groups excluding carboxylic acids is 3. The first-order chi connectivity index (χ1) is 35.7. The third kappa shape index (κ3) is 10.5. The van der Waals surface area contributed by atoms with Crippen molar-refractivity contribution < 1.29 is 45.6 Å². The van der Waals surface area contributed by atoms with Gasteiger partial charge in [-0.05, 0) is 137 Å². The van der Waals surface area contributed by atoms with Crippen LogP contribution in [0.2, 0.25) is 0 Å². The molecule has 4 aromatic carbocycles. The van der Waals surface area contributed by atoms with Crippen molar-refractivity contribution in [2.45, 2.75) is 111 Å². The fourth-order valence-corrected chi connectivity index (χ4v) is 14.0. The van der Waals surface area contributed by atoms with Crippen LogP contribution < -0.4 is 5.32 Å². The van der Waals surface area contributed by atoms with Gasteiger partial charge in [-0.2, -0.15) is 8.42 Å². The van der Waals surface area contributed by atoms with E-state index in [4.69, 9.17) is 9.29 Å². The summed E-state index contributed by atoms with van der Waals surface area (Å²) in [6, 6.07) is 30.0. The maximum Gasteiger partial charge on any atom is 0.280 e. The highest BCUT2D eigenvalue weighted by Gasteiger charge is 2.70. The number of hydrogen-bond acceptors (Lipinski definition) is 11. The summed E-state index contributed by atoms with van der Waals surface area (Å²) in [6.45, 7) is 3.73. The molecule has 5 fully saturated rings. The van der Waals surface area contributed by atoms with Crippen LogP contribution in [0.1, 0.15) is 72.8 Å². The molecule has 75 heavy (non-hydrogen) atoms. The van der Waals surface area contributed by atoms with Gasteiger partial charge in [0, 0.05) is 71.7 Å². The number of likely N-dealkylation sites (tertiary alicyclic amines) is 2. The summed E-state index contributed by atoms with van der Waals surface area (Å²) in [5.41, 5.74) is 6.27. The number of aromatic nitrogens is 2. The van der Waals surface area contributed by atoms with E-state index in [1.165, 1.54) is 58.7 Å². The van der Waals surface area contributed by atoms with Gasteiger partial charge in [-0.25, -0.2) is 8.42 Å². The minimum atomic E-state index is -3.67. The summed E-state index contributed by atoms with van der Waals surface area (Å²) in [5.74, 6) is -3.18. The molecule has 17 nitrogen and oxygen atoms in total. The highest BCUT2D eigenvalue weighted by atomic mass is 32.2. The van der Waals surface area contributed by atoms with Crippen molar-refractivity contribution in [3.8, 4) is 0 Å². The van der Waals surface area contributed by atoms with Gasteiger partial charge in [-0.3, -0.25) is 28.6 Å². The number of amides is 3. The Bertz CT molecular complexity index is 3330. The van der Waals surface area contributed by atoms with Crippen LogP contribution in [0.25, 0.3) is 21.8 Å². The number of ether oxygens (including phenoxy) is 1. The summed E-state index contributed by atoms with van der Waals surface area (Å²) in [7, 11) is -2.65. The highest BCUT2D eigenvalue weighted by molar-refractivity contribution is 7.91. The number of aryl methyl sites for hydroxylation is 1. The average molecular weight is 1060 g/mol. The number of sulfone groups is 1. The van der Waals surface area contributed by atoms with Crippen molar-refractivity contribution in [3.63, 3.8) is 0 Å². The molecule has 8 atom stereocenters. The van der Waals surface area contributed by atoms with Crippen LogP contribution in [0, 0.1) is 5.92 Å². The van der Waals surface area contributed by atoms with E-state index >= 15 is 0 Å². The Balaban J connectivity index is 0.000000171. The van der Waals surface area contributed by atoms with Gasteiger partial charge >= 0.3 is 0 Å². The zero-order valence-electron chi connectivity index (χ0n) is 42.8. The molecule has 5 saturated heterocycles. The number of hydrogen-bond donors (Lipinski definition) is 5. The van der Waals surface area contributed by atoms with Crippen LogP contribution in [0.4, 0.5) is 0 Å². The zero-order chi connectivity index (χ0) is 53.0. The van der Waals surface area contributed by atoms with Gasteiger partial charge in [0.25, 0.3) is 21.9 Å². The number of fused-ring (bicyclic) bond motifs is 6. The number of aliphatic hydroxyl groups is 1. The largest absolute Gasteiger partial charge is 0.361 e. The Labute approximate surface area is 438 Å². The number of piperidine rings is 1. The van der Waals surface area contributed by atoms with Gasteiger partial charge in [-0.15, -0.1) is 0 Å². The minimum Gasteiger partial charge on any atom is -0.361 e. The molecule has 1 aliphatic carbocycles. The SMILES string of the molecule is CN1CCC[C@@H]1Cc1c[nH]c2ccc(CCS(=O)(=O)c3ccccc3)cc12.CN1C[C@H](C(=O)N[C@]2(C)O[C@@]3(O)[C@@H]4CCCN4C(=O)[C@H](Cc4ccccc4)N3C2=O)C[C@@H]2c3cccc4[nH]cc(c34)C[C@H]21.CS(=O)(=O)O. The lowest BCUT2D eigenvalue weighted by Crippen LogP contribution is -2.71. The first-order valence-electron chi connectivity index (χ1n) is 25.9. The van der Waals surface area contributed by atoms with Gasteiger partial charge in [-0.1, -0.05) is 66.7 Å². The van der Waals surface area contributed by atoms with Crippen molar-refractivity contribution in [2.75, 3.05) is 45.7 Å². The van der Waals surface area contributed by atoms with Crippen molar-refractivity contribution in [2.24, 2.45) is 5.92 Å². The second kappa shape index (κ2) is 20.5. The molecule has 2 aromatic heterocycles. The number of aromatic amines is 2. The van der Waals surface area contributed by atoms with Gasteiger partial charge in [0.1, 0.15) is 12.1 Å². The predicted octanol–water partition coefficient (Wildman–Crippen LogP) is 5.41. The van der Waals surface area contributed by atoms with E-state index in [2.05, 4.69) is 81.9 Å². The molecule has 5 N–H and O–H groups in total. The van der Waals surface area contributed by atoms with Crippen LogP contribution in [0.15, 0.2) is 114 Å². The number of carbonyl (C=O) groups is 3. The summed E-state index contributed by atoms with van der Waals surface area (Å²) in [4.78, 5) is 56.6. The molecule has 0 saturated carbocycles. The van der Waals surface area contributed by atoms with Gasteiger partial charge in [0.2, 0.25) is 17.5 Å². The highest BCUT2D eigenvalue weighted by Crippen LogP contribution is 2.47. The van der Waals surface area contributed by atoms with Crippen molar-refractivity contribution >= 4 is 59.5 Å². The topological polar surface area (TPSA) is 226 Å². The molecule has 0 bridgehead atoms. The molecule has 0 spiro atoms. The number of likely N-dealkylation sites (N-methyl/N-ethyl adjacent to an activating group) is 2. The zero-order valence-corrected chi connectivity index (χ0v) is 44.4. The fraction of sp³-hybridized carbons (Fsp3) is 0.446. The lowest BCUT2D eigenvalue weighted by molar-refractivity contribution is -0.315. The molecular formula is C56H67N7O10S2. The molecular weight excluding hydrogens is 995 g/mol. The summed E-state index contributed by atoms with van der Waals surface area (Å²) < 4.78 is 57.2. The maximum atomic E-state index is 14.2. The number of nitrogens with one attached hydrogen (secondary N) is 3. The Morgan fingerprint density at radius 1 is 0.840 bits per heavy atom. The van der Waals surface area contributed by atoms with Crippen molar-refractivity contribution in [3.05, 3.63) is 137 Å². The Kier molecular flexibility index (Phi) is 14.4. The third-order valence-electron chi connectivity index (χ3n) is 16.3. The Hall–Kier alpha value is -5.93. The first-order valence-corrected chi connectivity index (χ1v) is 29.4. The van der Waals surface area contributed by atoms with Crippen LogP contribution in [0.3, 0.4) is 0 Å². The fourth-order valence-electron chi connectivity index (χ4n) is 12.7. The van der Waals surface area contributed by atoms with Gasteiger partial charge in [0.15, 0.2) is 9.84 Å². The number of H-pyrrole nitrogens is 2. The van der Waals surface area contributed by atoms with E-state index in [9.17, 15) is 36.3 Å².